The average molecular weight is 490 g/mol. The number of hydrogen-bond acceptors (Lipinski definition) is 5. The third kappa shape index (κ3) is 5.05. The molecule has 1 aromatic carbocycles. The quantitative estimate of drug-likeness (QED) is 0.629. The summed E-state index contributed by atoms with van der Waals surface area (Å²) in [7, 11) is 1.62. The number of amides is 2. The second-order valence-corrected chi connectivity index (χ2v) is 10.9. The van der Waals surface area contributed by atoms with Crippen LogP contribution in [0.3, 0.4) is 0 Å². The standard InChI is InChI=1S/C25H32ClN3O3S/c1-17(2)13-22-23(30)29(16-20-5-4-12-33-20)25(24(31)27-22)8-10-28(11-9-25)15-18-6-7-19(32-3)14-21(18)26/h4-7,12,14,17,22H,8-11,13,15-16H2,1-3H3,(H,27,31). The normalized spacial score (nSPS) is 21.0. The molecule has 4 rings (SSSR count). The molecule has 1 N–H and O–H groups in total. The second-order valence-electron chi connectivity index (χ2n) is 9.42. The number of nitrogens with one attached hydrogen (secondary N) is 1. The number of rotatable bonds is 7. The van der Waals surface area contributed by atoms with E-state index in [4.69, 9.17) is 16.3 Å². The summed E-state index contributed by atoms with van der Waals surface area (Å²) >= 11 is 8.08. The van der Waals surface area contributed by atoms with Gasteiger partial charge in [-0.05, 0) is 54.3 Å². The van der Waals surface area contributed by atoms with E-state index in [0.717, 1.165) is 29.3 Å². The molecule has 1 spiro atoms. The van der Waals surface area contributed by atoms with Gasteiger partial charge in [-0.15, -0.1) is 11.3 Å². The van der Waals surface area contributed by atoms with Gasteiger partial charge in [0.05, 0.1) is 13.7 Å². The zero-order valence-corrected chi connectivity index (χ0v) is 21.0. The Hall–Kier alpha value is -2.09. The second kappa shape index (κ2) is 10.0. The largest absolute Gasteiger partial charge is 0.497 e. The number of likely N-dealkylation sites (tertiary alicyclic amines) is 1. The fraction of sp³-hybridized carbons (Fsp3) is 0.520. The van der Waals surface area contributed by atoms with E-state index in [9.17, 15) is 9.59 Å². The summed E-state index contributed by atoms with van der Waals surface area (Å²) in [6.07, 6.45) is 1.87. The Labute approximate surface area is 204 Å². The molecule has 0 radical (unpaired) electrons. The van der Waals surface area contributed by atoms with Crippen molar-refractivity contribution in [2.24, 2.45) is 5.92 Å². The third-order valence-corrected chi connectivity index (χ3v) is 7.96. The highest BCUT2D eigenvalue weighted by molar-refractivity contribution is 7.09. The van der Waals surface area contributed by atoms with Crippen LogP contribution >= 0.6 is 22.9 Å². The van der Waals surface area contributed by atoms with Crippen LogP contribution in [0.25, 0.3) is 0 Å². The van der Waals surface area contributed by atoms with E-state index < -0.39 is 11.6 Å². The molecule has 178 valence electrons. The van der Waals surface area contributed by atoms with Gasteiger partial charge in [-0.1, -0.05) is 37.6 Å². The van der Waals surface area contributed by atoms with Crippen LogP contribution in [0.4, 0.5) is 0 Å². The molecule has 0 bridgehead atoms. The Bertz CT molecular complexity index is 987. The Balaban J connectivity index is 1.51. The van der Waals surface area contributed by atoms with E-state index in [1.807, 2.05) is 40.6 Å². The lowest BCUT2D eigenvalue weighted by Crippen LogP contribution is -2.72. The smallest absolute Gasteiger partial charge is 0.246 e. The summed E-state index contributed by atoms with van der Waals surface area (Å²) in [5.74, 6) is 1.10. The summed E-state index contributed by atoms with van der Waals surface area (Å²) in [5.41, 5.74) is 0.236. The van der Waals surface area contributed by atoms with Crippen LogP contribution in [0.5, 0.6) is 5.75 Å². The fourth-order valence-electron chi connectivity index (χ4n) is 4.90. The maximum Gasteiger partial charge on any atom is 0.246 e. The minimum absolute atomic E-state index is 0.00793. The Morgan fingerprint density at radius 2 is 1.97 bits per heavy atom. The first kappa shape index (κ1) is 24.0. The molecule has 3 heterocycles. The lowest BCUT2D eigenvalue weighted by Gasteiger charge is -2.51. The molecular formula is C25H32ClN3O3S. The van der Waals surface area contributed by atoms with Gasteiger partial charge in [-0.2, -0.15) is 0 Å². The van der Waals surface area contributed by atoms with E-state index in [1.54, 1.807) is 18.4 Å². The van der Waals surface area contributed by atoms with Crippen molar-refractivity contribution >= 4 is 34.8 Å². The lowest BCUT2D eigenvalue weighted by atomic mass is 9.80. The number of ether oxygens (including phenoxy) is 1. The van der Waals surface area contributed by atoms with Gasteiger partial charge in [0.1, 0.15) is 17.3 Å². The number of piperazine rings is 1. The van der Waals surface area contributed by atoms with Crippen molar-refractivity contribution in [3.05, 3.63) is 51.2 Å². The zero-order chi connectivity index (χ0) is 23.6. The number of halogens is 1. The fourth-order valence-corrected chi connectivity index (χ4v) is 5.82. The van der Waals surface area contributed by atoms with Crippen LogP contribution in [0.1, 0.15) is 43.6 Å². The van der Waals surface area contributed by atoms with Crippen molar-refractivity contribution in [1.82, 2.24) is 15.1 Å². The van der Waals surface area contributed by atoms with Gasteiger partial charge in [-0.3, -0.25) is 14.5 Å². The van der Waals surface area contributed by atoms with Crippen LogP contribution in [-0.2, 0) is 22.7 Å². The molecule has 2 saturated heterocycles. The number of carbonyl (C=O) groups is 2. The molecule has 2 fully saturated rings. The number of piperidine rings is 1. The maximum absolute atomic E-state index is 13.6. The Kier molecular flexibility index (Phi) is 7.31. The first-order valence-electron chi connectivity index (χ1n) is 11.5. The number of nitrogens with zero attached hydrogens (tertiary/aromatic N) is 2. The molecule has 1 atom stereocenters. The molecule has 0 saturated carbocycles. The number of methoxy groups -OCH3 is 1. The van der Waals surface area contributed by atoms with E-state index >= 15 is 0 Å². The minimum atomic E-state index is -0.797. The molecule has 2 amide bonds. The molecular weight excluding hydrogens is 458 g/mol. The monoisotopic (exact) mass is 489 g/mol. The Morgan fingerprint density at radius 3 is 2.58 bits per heavy atom. The van der Waals surface area contributed by atoms with Gasteiger partial charge in [0.2, 0.25) is 11.8 Å². The van der Waals surface area contributed by atoms with Gasteiger partial charge in [-0.25, -0.2) is 0 Å². The van der Waals surface area contributed by atoms with Crippen LogP contribution in [0.2, 0.25) is 5.02 Å². The molecule has 1 aromatic heterocycles. The summed E-state index contributed by atoms with van der Waals surface area (Å²) in [4.78, 5) is 32.3. The summed E-state index contributed by atoms with van der Waals surface area (Å²) in [5, 5.41) is 5.77. The van der Waals surface area contributed by atoms with Crippen molar-refractivity contribution in [3.63, 3.8) is 0 Å². The molecule has 2 aliphatic heterocycles. The van der Waals surface area contributed by atoms with Crippen LogP contribution in [0.15, 0.2) is 35.7 Å². The molecule has 33 heavy (non-hydrogen) atoms. The first-order chi connectivity index (χ1) is 15.8. The summed E-state index contributed by atoms with van der Waals surface area (Å²) < 4.78 is 5.25. The van der Waals surface area contributed by atoms with E-state index in [0.29, 0.717) is 43.3 Å². The third-order valence-electron chi connectivity index (χ3n) is 6.75. The summed E-state index contributed by atoms with van der Waals surface area (Å²) in [6.45, 7) is 6.79. The average Bonchev–Trinajstić information content (AvgIpc) is 3.31. The number of carbonyl (C=O) groups excluding carboxylic acids is 2. The lowest BCUT2D eigenvalue weighted by molar-refractivity contribution is -0.162. The molecule has 6 nitrogen and oxygen atoms in total. The SMILES string of the molecule is COc1ccc(CN2CCC3(CC2)C(=O)NC(CC(C)C)C(=O)N3Cc2cccs2)c(Cl)c1. The molecule has 2 aromatic rings. The number of benzene rings is 1. The topological polar surface area (TPSA) is 61.9 Å². The highest BCUT2D eigenvalue weighted by Gasteiger charge is 2.53. The minimum Gasteiger partial charge on any atom is -0.497 e. The van der Waals surface area contributed by atoms with Gasteiger partial charge in [0.15, 0.2) is 0 Å². The molecule has 1 unspecified atom stereocenters. The van der Waals surface area contributed by atoms with Crippen molar-refractivity contribution in [2.45, 2.75) is 57.8 Å². The first-order valence-corrected chi connectivity index (χ1v) is 12.8. The highest BCUT2D eigenvalue weighted by atomic mass is 35.5. The van der Waals surface area contributed by atoms with E-state index in [2.05, 4.69) is 24.1 Å². The predicted molar refractivity (Wildman–Crippen MR) is 132 cm³/mol. The van der Waals surface area contributed by atoms with E-state index in [1.165, 1.54) is 0 Å². The molecule has 0 aliphatic carbocycles. The molecule has 8 heteroatoms. The van der Waals surface area contributed by atoms with Gasteiger partial charge in [0.25, 0.3) is 0 Å². The van der Waals surface area contributed by atoms with Crippen LogP contribution < -0.4 is 10.1 Å². The maximum atomic E-state index is 13.6. The predicted octanol–water partition coefficient (Wildman–Crippen LogP) is 4.32. The summed E-state index contributed by atoms with van der Waals surface area (Å²) in [6, 6.07) is 9.32. The highest BCUT2D eigenvalue weighted by Crippen LogP contribution is 2.36. The van der Waals surface area contributed by atoms with Gasteiger partial charge >= 0.3 is 0 Å². The number of thiophene rings is 1. The van der Waals surface area contributed by atoms with Gasteiger partial charge in [0, 0.05) is 29.5 Å². The van der Waals surface area contributed by atoms with Crippen molar-refractivity contribution in [3.8, 4) is 5.75 Å². The Morgan fingerprint density at radius 1 is 1.21 bits per heavy atom. The van der Waals surface area contributed by atoms with Gasteiger partial charge < -0.3 is 15.0 Å². The van der Waals surface area contributed by atoms with Crippen LogP contribution in [-0.4, -0.2) is 53.4 Å². The van der Waals surface area contributed by atoms with Crippen LogP contribution in [0, 0.1) is 5.92 Å². The van der Waals surface area contributed by atoms with Crippen molar-refractivity contribution in [2.75, 3.05) is 20.2 Å². The number of hydrogen-bond donors (Lipinski definition) is 1. The van der Waals surface area contributed by atoms with E-state index in [-0.39, 0.29) is 11.8 Å². The molecule has 2 aliphatic rings. The van der Waals surface area contributed by atoms with Crippen molar-refractivity contribution in [1.29, 1.82) is 0 Å². The van der Waals surface area contributed by atoms with Crippen molar-refractivity contribution < 1.29 is 14.3 Å². The zero-order valence-electron chi connectivity index (χ0n) is 19.5.